The van der Waals surface area contributed by atoms with E-state index in [1.54, 1.807) is 17.5 Å². The van der Waals surface area contributed by atoms with E-state index in [9.17, 15) is 18.0 Å². The zero-order valence-corrected chi connectivity index (χ0v) is 18.2. The largest absolute Gasteiger partial charge is 0.467 e. The first kappa shape index (κ1) is 21.3. The number of carbonyl (C=O) groups excluding carboxylic acids is 2. The number of amides is 2. The number of carbonyl (C=O) groups is 2. The fourth-order valence-corrected chi connectivity index (χ4v) is 6.12. The van der Waals surface area contributed by atoms with Crippen LogP contribution in [-0.4, -0.2) is 37.6 Å². The van der Waals surface area contributed by atoms with Crippen LogP contribution in [0.25, 0.3) is 0 Å². The van der Waals surface area contributed by atoms with E-state index < -0.39 is 21.8 Å². The minimum atomic E-state index is -3.85. The molecule has 1 aliphatic heterocycles. The summed E-state index contributed by atoms with van der Waals surface area (Å²) in [7, 11) is -3.85. The molecule has 0 saturated heterocycles. The van der Waals surface area contributed by atoms with Crippen molar-refractivity contribution in [1.82, 2.24) is 14.9 Å². The molecule has 1 aliphatic rings. The van der Waals surface area contributed by atoms with Crippen molar-refractivity contribution < 1.29 is 22.4 Å². The molecule has 0 atom stereocenters. The van der Waals surface area contributed by atoms with Crippen LogP contribution in [0.1, 0.15) is 26.6 Å². The molecule has 0 spiro atoms. The second kappa shape index (κ2) is 9.04. The Morgan fingerprint density at radius 2 is 1.87 bits per heavy atom. The molecule has 2 N–H and O–H groups in total. The van der Waals surface area contributed by atoms with Crippen LogP contribution < -0.4 is 10.6 Å². The first-order chi connectivity index (χ1) is 14.9. The van der Waals surface area contributed by atoms with Crippen molar-refractivity contribution in [3.8, 4) is 0 Å². The molecule has 31 heavy (non-hydrogen) atoms. The zero-order valence-electron chi connectivity index (χ0n) is 16.5. The lowest BCUT2D eigenvalue weighted by molar-refractivity contribution is -0.120. The molecule has 8 nitrogen and oxygen atoms in total. The summed E-state index contributed by atoms with van der Waals surface area (Å²) in [5, 5.41) is 6.68. The summed E-state index contributed by atoms with van der Waals surface area (Å²) < 4.78 is 33.0. The Labute approximate surface area is 183 Å². The van der Waals surface area contributed by atoms with Crippen molar-refractivity contribution in [3.05, 3.63) is 75.9 Å². The number of hydrogen-bond donors (Lipinski definition) is 2. The lowest BCUT2D eigenvalue weighted by Crippen LogP contribution is -2.38. The van der Waals surface area contributed by atoms with Crippen LogP contribution in [0.3, 0.4) is 0 Å². The van der Waals surface area contributed by atoms with Crippen molar-refractivity contribution >= 4 is 33.2 Å². The quantitative estimate of drug-likeness (QED) is 0.563. The molecule has 1 aromatic carbocycles. The van der Waals surface area contributed by atoms with Crippen LogP contribution >= 0.6 is 11.3 Å². The summed E-state index contributed by atoms with van der Waals surface area (Å²) >= 11 is 1.03. The van der Waals surface area contributed by atoms with Gasteiger partial charge in [0.15, 0.2) is 0 Å². The van der Waals surface area contributed by atoms with Crippen LogP contribution in [0.5, 0.6) is 0 Å². The summed E-state index contributed by atoms with van der Waals surface area (Å²) in [5.74, 6) is -0.410. The standard InChI is InChI=1S/C21H21N3O5S2/c25-19(22-12-17-6-3-10-29-17)13-23-21(26)20-18(8-11-30-20)31(27,28)24-9-7-15-4-1-2-5-16(15)14-24/h1-6,8,10-11H,7,9,12-14H2,(H,22,25)(H,23,26). The van der Waals surface area contributed by atoms with Gasteiger partial charge in [0.1, 0.15) is 15.5 Å². The van der Waals surface area contributed by atoms with Crippen LogP contribution in [-0.2, 0) is 34.3 Å². The Morgan fingerprint density at radius 1 is 1.06 bits per heavy atom. The number of furan rings is 1. The Kier molecular flexibility index (Phi) is 6.21. The first-order valence-electron chi connectivity index (χ1n) is 9.67. The smallest absolute Gasteiger partial charge is 0.263 e. The number of sulfonamides is 1. The number of thiophene rings is 1. The third-order valence-electron chi connectivity index (χ3n) is 5.00. The highest BCUT2D eigenvalue weighted by atomic mass is 32.2. The van der Waals surface area contributed by atoms with Crippen molar-refractivity contribution in [2.24, 2.45) is 0 Å². The van der Waals surface area contributed by atoms with Gasteiger partial charge in [0.25, 0.3) is 5.91 Å². The van der Waals surface area contributed by atoms with Gasteiger partial charge in [0.2, 0.25) is 15.9 Å². The topological polar surface area (TPSA) is 109 Å². The van der Waals surface area contributed by atoms with Crippen molar-refractivity contribution in [3.63, 3.8) is 0 Å². The predicted octanol–water partition coefficient (Wildman–Crippen LogP) is 2.13. The monoisotopic (exact) mass is 459 g/mol. The van der Waals surface area contributed by atoms with Crippen LogP contribution in [0.2, 0.25) is 0 Å². The normalized spacial score (nSPS) is 14.1. The summed E-state index contributed by atoms with van der Waals surface area (Å²) in [6.45, 7) is 0.556. The number of rotatable bonds is 7. The summed E-state index contributed by atoms with van der Waals surface area (Å²) in [6.07, 6.45) is 2.12. The highest BCUT2D eigenvalue weighted by molar-refractivity contribution is 7.89. The van der Waals surface area contributed by atoms with E-state index in [1.165, 1.54) is 16.6 Å². The molecule has 2 amide bonds. The van der Waals surface area contributed by atoms with Gasteiger partial charge in [-0.2, -0.15) is 4.31 Å². The Balaban J connectivity index is 1.40. The number of hydrogen-bond acceptors (Lipinski definition) is 6. The second-order valence-electron chi connectivity index (χ2n) is 7.01. The van der Waals surface area contributed by atoms with E-state index in [4.69, 9.17) is 4.42 Å². The molecular formula is C21H21N3O5S2. The van der Waals surface area contributed by atoms with Gasteiger partial charge in [-0.3, -0.25) is 9.59 Å². The van der Waals surface area contributed by atoms with E-state index >= 15 is 0 Å². The summed E-state index contributed by atoms with van der Waals surface area (Å²) in [6, 6.07) is 12.6. The van der Waals surface area contributed by atoms with Gasteiger partial charge < -0.3 is 15.1 Å². The lowest BCUT2D eigenvalue weighted by atomic mass is 10.0. The zero-order chi connectivity index (χ0) is 21.8. The molecule has 3 aromatic rings. The molecule has 0 fully saturated rings. The number of nitrogens with zero attached hydrogens (tertiary/aromatic N) is 1. The Bertz CT molecular complexity index is 1190. The highest BCUT2D eigenvalue weighted by Gasteiger charge is 2.32. The molecule has 0 saturated carbocycles. The molecule has 0 unspecified atom stereocenters. The van der Waals surface area contributed by atoms with Crippen molar-refractivity contribution in [2.45, 2.75) is 24.4 Å². The number of fused-ring (bicyclic) bond motifs is 1. The summed E-state index contributed by atoms with van der Waals surface area (Å²) in [4.78, 5) is 24.6. The molecule has 0 radical (unpaired) electrons. The van der Waals surface area contributed by atoms with Gasteiger partial charge in [0.05, 0.1) is 19.4 Å². The second-order valence-corrected chi connectivity index (χ2v) is 9.83. The average molecular weight is 460 g/mol. The molecular weight excluding hydrogens is 438 g/mol. The maximum absolute atomic E-state index is 13.2. The highest BCUT2D eigenvalue weighted by Crippen LogP contribution is 2.29. The van der Waals surface area contributed by atoms with Gasteiger partial charge in [-0.15, -0.1) is 11.3 Å². The fraction of sp³-hybridized carbons (Fsp3) is 0.238. The minimum Gasteiger partial charge on any atom is -0.467 e. The lowest BCUT2D eigenvalue weighted by Gasteiger charge is -2.28. The third kappa shape index (κ3) is 4.71. The molecule has 2 aromatic heterocycles. The van der Waals surface area contributed by atoms with Crippen LogP contribution in [0.4, 0.5) is 0 Å². The Morgan fingerprint density at radius 3 is 2.65 bits per heavy atom. The fourth-order valence-electron chi connectivity index (χ4n) is 3.38. The predicted molar refractivity (Wildman–Crippen MR) is 115 cm³/mol. The SMILES string of the molecule is O=C(CNC(=O)c1sccc1S(=O)(=O)N1CCc2ccccc2C1)NCc1ccco1. The van der Waals surface area contributed by atoms with Gasteiger partial charge in [-0.1, -0.05) is 24.3 Å². The number of nitrogens with one attached hydrogen (secondary N) is 2. The van der Waals surface area contributed by atoms with Crippen LogP contribution in [0, 0.1) is 0 Å². The van der Waals surface area contributed by atoms with E-state index in [0.717, 1.165) is 22.5 Å². The molecule has 10 heteroatoms. The molecule has 0 aliphatic carbocycles. The minimum absolute atomic E-state index is 0.0367. The van der Waals surface area contributed by atoms with E-state index in [-0.39, 0.29) is 29.4 Å². The average Bonchev–Trinajstić information content (AvgIpc) is 3.48. The van der Waals surface area contributed by atoms with Crippen molar-refractivity contribution in [1.29, 1.82) is 0 Å². The van der Waals surface area contributed by atoms with E-state index in [2.05, 4.69) is 10.6 Å². The van der Waals surface area contributed by atoms with Gasteiger partial charge in [-0.05, 0) is 41.1 Å². The van der Waals surface area contributed by atoms with Gasteiger partial charge in [-0.25, -0.2) is 8.42 Å². The first-order valence-corrected chi connectivity index (χ1v) is 12.0. The van der Waals surface area contributed by atoms with Crippen LogP contribution in [0.15, 0.2) is 63.4 Å². The van der Waals surface area contributed by atoms with Gasteiger partial charge in [0, 0.05) is 13.1 Å². The molecule has 162 valence electrons. The van der Waals surface area contributed by atoms with E-state index in [0.29, 0.717) is 18.7 Å². The molecule has 3 heterocycles. The molecule has 0 bridgehead atoms. The van der Waals surface area contributed by atoms with Gasteiger partial charge >= 0.3 is 0 Å². The van der Waals surface area contributed by atoms with Crippen molar-refractivity contribution in [2.75, 3.05) is 13.1 Å². The van der Waals surface area contributed by atoms with E-state index in [1.807, 2.05) is 24.3 Å². The molecule has 4 rings (SSSR count). The number of benzene rings is 1. The third-order valence-corrected chi connectivity index (χ3v) is 7.93. The Hall–Kier alpha value is -2.95. The summed E-state index contributed by atoms with van der Waals surface area (Å²) in [5.41, 5.74) is 2.10. The maximum Gasteiger partial charge on any atom is 0.263 e. The maximum atomic E-state index is 13.2.